The van der Waals surface area contributed by atoms with E-state index in [4.69, 9.17) is 19.2 Å². The summed E-state index contributed by atoms with van der Waals surface area (Å²) >= 11 is 0. The van der Waals surface area contributed by atoms with E-state index < -0.39 is 0 Å². The van der Waals surface area contributed by atoms with Crippen LogP contribution in [-0.4, -0.2) is 35.9 Å². The van der Waals surface area contributed by atoms with Crippen LogP contribution in [0.5, 0.6) is 17.2 Å². The zero-order valence-electron chi connectivity index (χ0n) is 16.8. The van der Waals surface area contributed by atoms with Crippen LogP contribution in [-0.2, 0) is 0 Å². The van der Waals surface area contributed by atoms with Gasteiger partial charge in [0.1, 0.15) is 5.82 Å². The number of hydrogen-bond donors (Lipinski definition) is 1. The van der Waals surface area contributed by atoms with Crippen LogP contribution in [0.25, 0.3) is 16.8 Å². The minimum Gasteiger partial charge on any atom is -0.493 e. The SMILES string of the molecule is COc1cc(Nc2ccn3ncc(-c4ccc(C)cc4)c3n2)cc(OC)c1OC. The highest BCUT2D eigenvalue weighted by Gasteiger charge is 2.14. The predicted molar refractivity (Wildman–Crippen MR) is 113 cm³/mol. The first-order valence-corrected chi connectivity index (χ1v) is 9.11. The molecule has 7 nitrogen and oxygen atoms in total. The van der Waals surface area contributed by atoms with Crippen molar-refractivity contribution in [2.24, 2.45) is 0 Å². The molecule has 2 heterocycles. The fourth-order valence-corrected chi connectivity index (χ4v) is 3.18. The van der Waals surface area contributed by atoms with Crippen molar-refractivity contribution < 1.29 is 14.2 Å². The normalized spacial score (nSPS) is 10.8. The van der Waals surface area contributed by atoms with E-state index in [1.165, 1.54) is 5.56 Å². The van der Waals surface area contributed by atoms with Gasteiger partial charge in [-0.15, -0.1) is 0 Å². The molecule has 0 unspecified atom stereocenters. The summed E-state index contributed by atoms with van der Waals surface area (Å²) < 4.78 is 18.0. The lowest BCUT2D eigenvalue weighted by molar-refractivity contribution is 0.324. The average Bonchev–Trinajstić information content (AvgIpc) is 3.16. The fraction of sp³-hybridized carbons (Fsp3) is 0.182. The van der Waals surface area contributed by atoms with Crippen LogP contribution < -0.4 is 19.5 Å². The maximum Gasteiger partial charge on any atom is 0.203 e. The summed E-state index contributed by atoms with van der Waals surface area (Å²) in [7, 11) is 4.76. The van der Waals surface area contributed by atoms with E-state index in [0.717, 1.165) is 22.5 Å². The van der Waals surface area contributed by atoms with Gasteiger partial charge in [0.25, 0.3) is 0 Å². The van der Waals surface area contributed by atoms with Crippen LogP contribution in [0.1, 0.15) is 5.56 Å². The molecule has 0 saturated heterocycles. The molecule has 0 atom stereocenters. The molecule has 29 heavy (non-hydrogen) atoms. The second kappa shape index (κ2) is 7.71. The summed E-state index contributed by atoms with van der Waals surface area (Å²) in [5.41, 5.74) is 4.79. The van der Waals surface area contributed by atoms with Crippen LogP contribution in [0.4, 0.5) is 11.5 Å². The molecule has 148 valence electrons. The number of fused-ring (bicyclic) bond motifs is 1. The van der Waals surface area contributed by atoms with Crippen LogP contribution in [0.2, 0.25) is 0 Å². The summed E-state index contributed by atoms with van der Waals surface area (Å²) in [6.45, 7) is 2.07. The highest BCUT2D eigenvalue weighted by molar-refractivity contribution is 5.78. The molecule has 0 bridgehead atoms. The number of rotatable bonds is 6. The fourth-order valence-electron chi connectivity index (χ4n) is 3.18. The Morgan fingerprint density at radius 3 is 2.21 bits per heavy atom. The molecule has 0 aliphatic rings. The number of hydrogen-bond acceptors (Lipinski definition) is 6. The standard InChI is InChI=1S/C22H22N4O3/c1-14-5-7-15(8-6-14)17-13-23-26-10-9-20(25-22(17)26)24-16-11-18(27-2)21(29-4)19(12-16)28-3/h5-13H,1-4H3,(H,24,25). The summed E-state index contributed by atoms with van der Waals surface area (Å²) in [4.78, 5) is 4.76. The highest BCUT2D eigenvalue weighted by Crippen LogP contribution is 2.40. The van der Waals surface area contributed by atoms with Crippen molar-refractivity contribution in [1.82, 2.24) is 14.6 Å². The van der Waals surface area contributed by atoms with Crippen LogP contribution in [0, 0.1) is 6.92 Å². The van der Waals surface area contributed by atoms with Gasteiger partial charge in [0.15, 0.2) is 17.1 Å². The smallest absolute Gasteiger partial charge is 0.203 e. The molecule has 0 spiro atoms. The third-order valence-corrected chi connectivity index (χ3v) is 4.67. The van der Waals surface area contributed by atoms with Crippen molar-refractivity contribution in [3.8, 4) is 28.4 Å². The van der Waals surface area contributed by atoms with Gasteiger partial charge in [-0.2, -0.15) is 5.10 Å². The summed E-state index contributed by atoms with van der Waals surface area (Å²) in [5.74, 6) is 2.36. The van der Waals surface area contributed by atoms with Gasteiger partial charge in [0.05, 0.1) is 27.5 Å². The Morgan fingerprint density at radius 2 is 1.59 bits per heavy atom. The Morgan fingerprint density at radius 1 is 0.897 bits per heavy atom. The molecular formula is C22H22N4O3. The molecular weight excluding hydrogens is 368 g/mol. The number of aromatic nitrogens is 3. The van der Waals surface area contributed by atoms with E-state index in [1.807, 2.05) is 30.6 Å². The molecule has 4 rings (SSSR count). The zero-order valence-corrected chi connectivity index (χ0v) is 16.8. The number of methoxy groups -OCH3 is 3. The Kier molecular flexibility index (Phi) is 4.95. The Hall–Kier alpha value is -3.74. The van der Waals surface area contributed by atoms with Gasteiger partial charge in [-0.3, -0.25) is 0 Å². The maximum absolute atomic E-state index is 5.42. The molecule has 0 amide bonds. The number of nitrogens with zero attached hydrogens (tertiary/aromatic N) is 3. The van der Waals surface area contributed by atoms with E-state index in [9.17, 15) is 0 Å². The molecule has 0 radical (unpaired) electrons. The highest BCUT2D eigenvalue weighted by atomic mass is 16.5. The van der Waals surface area contributed by atoms with Gasteiger partial charge < -0.3 is 19.5 Å². The van der Waals surface area contributed by atoms with Crippen LogP contribution in [0.15, 0.2) is 54.9 Å². The summed E-state index contributed by atoms with van der Waals surface area (Å²) in [5, 5.41) is 7.72. The van der Waals surface area contributed by atoms with E-state index in [-0.39, 0.29) is 0 Å². The third-order valence-electron chi connectivity index (χ3n) is 4.67. The summed E-state index contributed by atoms with van der Waals surface area (Å²) in [6.07, 6.45) is 3.70. The first-order valence-electron chi connectivity index (χ1n) is 9.11. The van der Waals surface area contributed by atoms with Gasteiger partial charge in [0, 0.05) is 29.6 Å². The molecule has 0 fully saturated rings. The zero-order chi connectivity index (χ0) is 20.4. The Balaban J connectivity index is 1.72. The Labute approximate surface area is 168 Å². The average molecular weight is 390 g/mol. The van der Waals surface area contributed by atoms with Gasteiger partial charge in [-0.25, -0.2) is 9.50 Å². The van der Waals surface area contributed by atoms with Crippen molar-refractivity contribution in [3.05, 3.63) is 60.4 Å². The quantitative estimate of drug-likeness (QED) is 0.524. The van der Waals surface area contributed by atoms with E-state index in [1.54, 1.807) is 25.8 Å². The van der Waals surface area contributed by atoms with Crippen molar-refractivity contribution in [3.63, 3.8) is 0 Å². The third kappa shape index (κ3) is 3.54. The van der Waals surface area contributed by atoms with Crippen LogP contribution in [0.3, 0.4) is 0 Å². The van der Waals surface area contributed by atoms with Gasteiger partial charge in [-0.05, 0) is 18.6 Å². The number of nitrogens with one attached hydrogen (secondary N) is 1. The molecule has 1 N–H and O–H groups in total. The first kappa shape index (κ1) is 18.6. The van der Waals surface area contributed by atoms with Gasteiger partial charge in [-0.1, -0.05) is 29.8 Å². The second-order valence-electron chi connectivity index (χ2n) is 6.54. The van der Waals surface area contributed by atoms with E-state index in [2.05, 4.69) is 41.6 Å². The molecule has 7 heteroatoms. The van der Waals surface area contributed by atoms with Crippen molar-refractivity contribution in [2.75, 3.05) is 26.6 Å². The predicted octanol–water partition coefficient (Wildman–Crippen LogP) is 4.47. The summed E-state index contributed by atoms with van der Waals surface area (Å²) in [6, 6.07) is 13.9. The number of anilines is 2. The monoisotopic (exact) mass is 390 g/mol. The number of aryl methyl sites for hydroxylation is 1. The molecule has 2 aromatic heterocycles. The van der Waals surface area contributed by atoms with E-state index in [0.29, 0.717) is 23.1 Å². The molecule has 2 aromatic carbocycles. The second-order valence-corrected chi connectivity index (χ2v) is 6.54. The number of ether oxygens (including phenoxy) is 3. The molecule has 4 aromatic rings. The molecule has 0 saturated carbocycles. The lowest BCUT2D eigenvalue weighted by Crippen LogP contribution is -2.00. The van der Waals surface area contributed by atoms with Crippen molar-refractivity contribution in [2.45, 2.75) is 6.92 Å². The minimum atomic E-state index is 0.543. The van der Waals surface area contributed by atoms with Gasteiger partial charge in [0.2, 0.25) is 5.75 Å². The van der Waals surface area contributed by atoms with Gasteiger partial charge >= 0.3 is 0 Å². The molecule has 0 aliphatic carbocycles. The maximum atomic E-state index is 5.42. The van der Waals surface area contributed by atoms with Crippen LogP contribution >= 0.6 is 0 Å². The van der Waals surface area contributed by atoms with E-state index >= 15 is 0 Å². The first-order chi connectivity index (χ1) is 14.1. The largest absolute Gasteiger partial charge is 0.493 e. The lowest BCUT2D eigenvalue weighted by Gasteiger charge is -2.15. The molecule has 0 aliphatic heterocycles. The lowest BCUT2D eigenvalue weighted by atomic mass is 10.1. The minimum absolute atomic E-state index is 0.543. The van der Waals surface area contributed by atoms with Crippen molar-refractivity contribution >= 4 is 17.2 Å². The van der Waals surface area contributed by atoms with Crippen molar-refractivity contribution in [1.29, 1.82) is 0 Å². The Bertz CT molecular complexity index is 1130. The topological polar surface area (TPSA) is 69.9 Å². The number of benzene rings is 2.